The Balaban J connectivity index is 3.17. The summed E-state index contributed by atoms with van der Waals surface area (Å²) in [6.07, 6.45) is 7.18. The van der Waals surface area contributed by atoms with Crippen molar-refractivity contribution in [2.75, 3.05) is 0 Å². The lowest BCUT2D eigenvalue weighted by molar-refractivity contribution is 1.34. The third-order valence-corrected chi connectivity index (χ3v) is 1.50. The van der Waals surface area contributed by atoms with Gasteiger partial charge in [-0.05, 0) is 24.6 Å². The normalized spacial score (nSPS) is 10.8. The van der Waals surface area contributed by atoms with Crippen molar-refractivity contribution in [2.24, 2.45) is 5.73 Å². The van der Waals surface area contributed by atoms with Crippen LogP contribution in [-0.2, 0) is 0 Å². The molecular formula is C11H11N. The predicted molar refractivity (Wildman–Crippen MR) is 52.2 cm³/mol. The van der Waals surface area contributed by atoms with Crippen LogP contribution in [0.25, 0.3) is 6.08 Å². The molecule has 12 heavy (non-hydrogen) atoms. The molecule has 0 aliphatic carbocycles. The lowest BCUT2D eigenvalue weighted by atomic mass is 10.1. The van der Waals surface area contributed by atoms with Crippen LogP contribution in [-0.4, -0.2) is 0 Å². The Kier molecular flexibility index (Phi) is 2.55. The SMILES string of the molecule is C#Cc1ccccc1/C=C(\C)N. The predicted octanol–water partition coefficient (Wildman–Crippen LogP) is 1.99. The van der Waals surface area contributed by atoms with E-state index in [2.05, 4.69) is 5.92 Å². The monoisotopic (exact) mass is 157 g/mol. The molecule has 0 unspecified atom stereocenters. The molecule has 2 N–H and O–H groups in total. The molecule has 0 aliphatic rings. The molecule has 0 bridgehead atoms. The van der Waals surface area contributed by atoms with E-state index in [4.69, 9.17) is 12.2 Å². The number of hydrogen-bond acceptors (Lipinski definition) is 1. The van der Waals surface area contributed by atoms with Crippen LogP contribution in [0, 0.1) is 12.3 Å². The van der Waals surface area contributed by atoms with Crippen LogP contribution in [0.1, 0.15) is 18.1 Å². The molecule has 0 aromatic heterocycles. The molecule has 0 aliphatic heterocycles. The third-order valence-electron chi connectivity index (χ3n) is 1.50. The molecule has 1 aromatic rings. The van der Waals surface area contributed by atoms with Crippen molar-refractivity contribution < 1.29 is 0 Å². The smallest absolute Gasteiger partial charge is 0.0315 e. The van der Waals surface area contributed by atoms with Crippen molar-refractivity contribution in [1.82, 2.24) is 0 Å². The average Bonchev–Trinajstić information content (AvgIpc) is 2.04. The lowest BCUT2D eigenvalue weighted by Gasteiger charge is -1.98. The molecule has 60 valence electrons. The van der Waals surface area contributed by atoms with Gasteiger partial charge in [0, 0.05) is 11.3 Å². The summed E-state index contributed by atoms with van der Waals surface area (Å²) < 4.78 is 0. The average molecular weight is 157 g/mol. The standard InChI is InChI=1S/C11H11N/c1-3-10-6-4-5-7-11(10)8-9(2)12/h1,4-8H,12H2,2H3/b9-8+. The second-order valence-electron chi connectivity index (χ2n) is 2.62. The van der Waals surface area contributed by atoms with Crippen LogP contribution in [0.15, 0.2) is 30.0 Å². The van der Waals surface area contributed by atoms with E-state index in [1.54, 1.807) is 0 Å². The second-order valence-corrected chi connectivity index (χ2v) is 2.62. The molecule has 1 rings (SSSR count). The highest BCUT2D eigenvalue weighted by atomic mass is 14.5. The van der Waals surface area contributed by atoms with Gasteiger partial charge in [0.25, 0.3) is 0 Å². The quantitative estimate of drug-likeness (QED) is 0.620. The maximum Gasteiger partial charge on any atom is 0.0315 e. The number of hydrogen-bond donors (Lipinski definition) is 1. The van der Waals surface area contributed by atoms with Crippen LogP contribution in [0.2, 0.25) is 0 Å². The van der Waals surface area contributed by atoms with Gasteiger partial charge in [-0.25, -0.2) is 0 Å². The first kappa shape index (κ1) is 8.42. The highest BCUT2D eigenvalue weighted by Gasteiger charge is 1.93. The molecule has 0 saturated heterocycles. The number of rotatable bonds is 1. The molecule has 1 aromatic carbocycles. The van der Waals surface area contributed by atoms with E-state index in [1.165, 1.54) is 0 Å². The Morgan fingerprint density at radius 1 is 1.50 bits per heavy atom. The fourth-order valence-corrected chi connectivity index (χ4v) is 1.000. The minimum Gasteiger partial charge on any atom is -0.402 e. The van der Waals surface area contributed by atoms with E-state index < -0.39 is 0 Å². The summed E-state index contributed by atoms with van der Waals surface area (Å²) in [6, 6.07) is 7.70. The van der Waals surface area contributed by atoms with Crippen molar-refractivity contribution in [1.29, 1.82) is 0 Å². The van der Waals surface area contributed by atoms with Crippen molar-refractivity contribution in [3.63, 3.8) is 0 Å². The van der Waals surface area contributed by atoms with Crippen LogP contribution >= 0.6 is 0 Å². The van der Waals surface area contributed by atoms with Crippen LogP contribution in [0.3, 0.4) is 0 Å². The Hall–Kier alpha value is -1.68. The Labute approximate surface area is 72.9 Å². The van der Waals surface area contributed by atoms with Gasteiger partial charge in [0.15, 0.2) is 0 Å². The summed E-state index contributed by atoms with van der Waals surface area (Å²) in [5.41, 5.74) is 8.18. The first-order valence-electron chi connectivity index (χ1n) is 3.73. The molecule has 0 heterocycles. The molecule has 0 spiro atoms. The zero-order valence-electron chi connectivity index (χ0n) is 7.04. The van der Waals surface area contributed by atoms with Crippen molar-refractivity contribution in [3.8, 4) is 12.3 Å². The summed E-state index contributed by atoms with van der Waals surface area (Å²) in [4.78, 5) is 0. The van der Waals surface area contributed by atoms with Gasteiger partial charge in [0.05, 0.1) is 0 Å². The molecule has 0 fully saturated rings. The van der Waals surface area contributed by atoms with Gasteiger partial charge in [0.1, 0.15) is 0 Å². The first-order chi connectivity index (χ1) is 5.74. The lowest BCUT2D eigenvalue weighted by Crippen LogP contribution is -1.90. The van der Waals surface area contributed by atoms with Gasteiger partial charge < -0.3 is 5.73 Å². The second kappa shape index (κ2) is 3.64. The van der Waals surface area contributed by atoms with Gasteiger partial charge in [-0.15, -0.1) is 6.42 Å². The summed E-state index contributed by atoms with van der Waals surface area (Å²) in [6.45, 7) is 1.84. The van der Waals surface area contributed by atoms with E-state index in [-0.39, 0.29) is 0 Å². The number of allylic oxidation sites excluding steroid dienone is 1. The summed E-state index contributed by atoms with van der Waals surface area (Å²) in [7, 11) is 0. The fraction of sp³-hybridized carbons (Fsp3) is 0.0909. The fourth-order valence-electron chi connectivity index (χ4n) is 1.000. The minimum absolute atomic E-state index is 0.762. The molecule has 0 radical (unpaired) electrons. The molecular weight excluding hydrogens is 146 g/mol. The van der Waals surface area contributed by atoms with Crippen LogP contribution in [0.4, 0.5) is 0 Å². The highest BCUT2D eigenvalue weighted by Crippen LogP contribution is 2.09. The Bertz CT molecular complexity index is 338. The maximum absolute atomic E-state index is 5.54. The van der Waals surface area contributed by atoms with Crippen molar-refractivity contribution >= 4 is 6.08 Å². The van der Waals surface area contributed by atoms with E-state index in [0.29, 0.717) is 0 Å². The van der Waals surface area contributed by atoms with Crippen LogP contribution in [0.5, 0.6) is 0 Å². The van der Waals surface area contributed by atoms with E-state index in [0.717, 1.165) is 16.8 Å². The zero-order valence-corrected chi connectivity index (χ0v) is 7.04. The van der Waals surface area contributed by atoms with Gasteiger partial charge in [-0.3, -0.25) is 0 Å². The molecule has 1 nitrogen and oxygen atoms in total. The topological polar surface area (TPSA) is 26.0 Å². The Morgan fingerprint density at radius 3 is 2.75 bits per heavy atom. The number of terminal acetylenes is 1. The summed E-state index contributed by atoms with van der Waals surface area (Å²) >= 11 is 0. The molecule has 0 saturated carbocycles. The highest BCUT2D eigenvalue weighted by molar-refractivity contribution is 5.59. The largest absolute Gasteiger partial charge is 0.402 e. The first-order valence-corrected chi connectivity index (χ1v) is 3.73. The van der Waals surface area contributed by atoms with E-state index in [1.807, 2.05) is 37.3 Å². The third kappa shape index (κ3) is 1.90. The number of benzene rings is 1. The van der Waals surface area contributed by atoms with Crippen LogP contribution < -0.4 is 5.73 Å². The van der Waals surface area contributed by atoms with Crippen molar-refractivity contribution in [2.45, 2.75) is 6.92 Å². The van der Waals surface area contributed by atoms with Gasteiger partial charge in [0.2, 0.25) is 0 Å². The molecule has 1 heteroatoms. The minimum atomic E-state index is 0.762. The maximum atomic E-state index is 5.54. The van der Waals surface area contributed by atoms with Gasteiger partial charge in [-0.2, -0.15) is 0 Å². The number of nitrogens with two attached hydrogens (primary N) is 1. The molecule has 0 amide bonds. The zero-order chi connectivity index (χ0) is 8.97. The van der Waals surface area contributed by atoms with Gasteiger partial charge in [-0.1, -0.05) is 24.1 Å². The summed E-state index contributed by atoms with van der Waals surface area (Å²) in [5.74, 6) is 2.60. The van der Waals surface area contributed by atoms with E-state index >= 15 is 0 Å². The summed E-state index contributed by atoms with van der Waals surface area (Å²) in [5, 5.41) is 0. The van der Waals surface area contributed by atoms with E-state index in [9.17, 15) is 0 Å². The van der Waals surface area contributed by atoms with Crippen molar-refractivity contribution in [3.05, 3.63) is 41.1 Å². The van der Waals surface area contributed by atoms with Gasteiger partial charge >= 0.3 is 0 Å². The molecule has 0 atom stereocenters. The Morgan fingerprint density at radius 2 is 2.17 bits per heavy atom.